The molecule has 156 valence electrons. The zero-order chi connectivity index (χ0) is 20.8. The van der Waals surface area contributed by atoms with Crippen molar-refractivity contribution in [2.45, 2.75) is 59.4 Å². The maximum absolute atomic E-state index is 13.1. The Morgan fingerprint density at radius 2 is 1.97 bits per heavy atom. The summed E-state index contributed by atoms with van der Waals surface area (Å²) in [7, 11) is 0. The van der Waals surface area contributed by atoms with E-state index < -0.39 is 0 Å². The number of nitrogens with one attached hydrogen (secondary N) is 1. The van der Waals surface area contributed by atoms with E-state index in [0.29, 0.717) is 11.6 Å². The van der Waals surface area contributed by atoms with Crippen molar-refractivity contribution < 1.29 is 4.79 Å². The predicted octanol–water partition coefficient (Wildman–Crippen LogP) is 5.38. The summed E-state index contributed by atoms with van der Waals surface area (Å²) in [4.78, 5) is 21.8. The van der Waals surface area contributed by atoms with Gasteiger partial charge in [-0.05, 0) is 76.3 Å². The molecule has 1 unspecified atom stereocenters. The first-order chi connectivity index (χ1) is 14.1. The molecule has 1 atom stereocenters. The summed E-state index contributed by atoms with van der Waals surface area (Å²) >= 11 is 0. The second-order valence-electron chi connectivity index (χ2n) is 7.82. The molecule has 0 saturated carbocycles. The van der Waals surface area contributed by atoms with Gasteiger partial charge in [0.05, 0.1) is 17.4 Å². The fraction of sp³-hybridized carbons (Fsp3) is 0.500. The van der Waals surface area contributed by atoms with Gasteiger partial charge in [0.2, 0.25) is 0 Å². The van der Waals surface area contributed by atoms with Gasteiger partial charge < -0.3 is 15.1 Å². The molecular weight excluding hydrogens is 360 g/mol. The first kappa shape index (κ1) is 21.2. The molecule has 1 aromatic heterocycles. The molecule has 2 aromatic rings. The van der Waals surface area contributed by atoms with Crippen LogP contribution in [0.2, 0.25) is 0 Å². The number of hydrogen-bond donors (Lipinski definition) is 1. The van der Waals surface area contributed by atoms with Crippen LogP contribution >= 0.6 is 0 Å². The molecule has 0 spiro atoms. The van der Waals surface area contributed by atoms with Gasteiger partial charge in [0, 0.05) is 43.2 Å². The Bertz CT molecular complexity index is 831. The molecule has 1 fully saturated rings. The molecular formula is C24H34N4O. The number of carbonyl (C=O) groups is 1. The fourth-order valence-electron chi connectivity index (χ4n) is 4.21. The number of piperidine rings is 1. The van der Waals surface area contributed by atoms with Gasteiger partial charge in [0.15, 0.2) is 0 Å². The zero-order valence-corrected chi connectivity index (χ0v) is 18.2. The van der Waals surface area contributed by atoms with Crippen LogP contribution in [-0.4, -0.2) is 41.5 Å². The molecule has 0 bridgehead atoms. The van der Waals surface area contributed by atoms with Gasteiger partial charge >= 0.3 is 0 Å². The van der Waals surface area contributed by atoms with Crippen LogP contribution in [0.4, 0.5) is 17.1 Å². The van der Waals surface area contributed by atoms with Gasteiger partial charge in [-0.1, -0.05) is 6.92 Å². The van der Waals surface area contributed by atoms with Crippen LogP contribution in [0.1, 0.15) is 62.4 Å². The highest BCUT2D eigenvalue weighted by atomic mass is 16.2. The number of anilines is 3. The summed E-state index contributed by atoms with van der Waals surface area (Å²) in [6.45, 7) is 11.4. The number of carbonyl (C=O) groups excluding carboxylic acids is 1. The van der Waals surface area contributed by atoms with E-state index in [-0.39, 0.29) is 5.91 Å². The zero-order valence-electron chi connectivity index (χ0n) is 18.2. The number of benzene rings is 1. The van der Waals surface area contributed by atoms with Crippen LogP contribution in [0.15, 0.2) is 36.7 Å². The van der Waals surface area contributed by atoms with E-state index in [1.54, 1.807) is 12.4 Å². The first-order valence-electron chi connectivity index (χ1n) is 11.0. The van der Waals surface area contributed by atoms with Crippen LogP contribution in [0, 0.1) is 6.92 Å². The Balaban J connectivity index is 1.77. The number of rotatable bonds is 7. The van der Waals surface area contributed by atoms with Crippen molar-refractivity contribution >= 4 is 23.0 Å². The van der Waals surface area contributed by atoms with Crippen molar-refractivity contribution in [3.05, 3.63) is 47.8 Å². The highest BCUT2D eigenvalue weighted by Crippen LogP contribution is 2.27. The lowest BCUT2D eigenvalue weighted by Gasteiger charge is -2.35. The molecule has 5 nitrogen and oxygen atoms in total. The molecule has 1 aromatic carbocycles. The number of likely N-dealkylation sites (tertiary alicyclic amines) is 1. The van der Waals surface area contributed by atoms with E-state index in [9.17, 15) is 4.79 Å². The lowest BCUT2D eigenvalue weighted by atomic mass is 9.99. The minimum atomic E-state index is 0.0984. The molecule has 0 radical (unpaired) electrons. The van der Waals surface area contributed by atoms with Gasteiger partial charge in [0.1, 0.15) is 0 Å². The van der Waals surface area contributed by atoms with E-state index in [4.69, 9.17) is 0 Å². The third kappa shape index (κ3) is 4.89. The number of nitrogens with zero attached hydrogens (tertiary/aromatic N) is 3. The molecule has 1 aliphatic rings. The van der Waals surface area contributed by atoms with Crippen molar-refractivity contribution in [2.24, 2.45) is 0 Å². The smallest absolute Gasteiger partial charge is 0.255 e. The van der Waals surface area contributed by atoms with Crippen LogP contribution in [0.3, 0.4) is 0 Å². The maximum Gasteiger partial charge on any atom is 0.255 e. The summed E-state index contributed by atoms with van der Waals surface area (Å²) in [5.74, 6) is 0.0984. The number of amides is 1. The van der Waals surface area contributed by atoms with Gasteiger partial charge in [-0.3, -0.25) is 9.78 Å². The summed E-state index contributed by atoms with van der Waals surface area (Å²) in [6.07, 6.45) is 7.88. The second kappa shape index (κ2) is 9.77. The van der Waals surface area contributed by atoms with E-state index in [0.717, 1.165) is 50.3 Å². The predicted molar refractivity (Wildman–Crippen MR) is 121 cm³/mol. The maximum atomic E-state index is 13.1. The summed E-state index contributed by atoms with van der Waals surface area (Å²) in [5, 5.41) is 3.45. The average molecular weight is 395 g/mol. The lowest BCUT2D eigenvalue weighted by Crippen LogP contribution is -2.43. The van der Waals surface area contributed by atoms with Gasteiger partial charge in [-0.15, -0.1) is 0 Å². The second-order valence-corrected chi connectivity index (χ2v) is 7.82. The molecule has 1 aliphatic heterocycles. The molecule has 29 heavy (non-hydrogen) atoms. The number of hydrogen-bond acceptors (Lipinski definition) is 4. The van der Waals surface area contributed by atoms with Crippen LogP contribution in [0.5, 0.6) is 0 Å². The van der Waals surface area contributed by atoms with Crippen LogP contribution in [-0.2, 0) is 0 Å². The number of pyridine rings is 1. The summed E-state index contributed by atoms with van der Waals surface area (Å²) in [6, 6.07) is 8.73. The monoisotopic (exact) mass is 394 g/mol. The topological polar surface area (TPSA) is 48.5 Å². The fourth-order valence-corrected chi connectivity index (χ4v) is 4.21. The Kier molecular flexibility index (Phi) is 7.13. The Morgan fingerprint density at radius 3 is 2.66 bits per heavy atom. The number of aryl methyl sites for hydroxylation is 1. The Labute approximate surface area is 175 Å². The van der Waals surface area contributed by atoms with Gasteiger partial charge in [-0.2, -0.15) is 0 Å². The van der Waals surface area contributed by atoms with Crippen LogP contribution < -0.4 is 10.2 Å². The normalized spacial score (nSPS) is 16.6. The highest BCUT2D eigenvalue weighted by molar-refractivity contribution is 5.95. The third-order valence-corrected chi connectivity index (χ3v) is 5.96. The first-order valence-corrected chi connectivity index (χ1v) is 11.0. The molecule has 2 heterocycles. The quantitative estimate of drug-likeness (QED) is 0.684. The standard InChI is InChI=1S/C24H34N4O/c1-5-21-10-8-9-13-28(21)24(29)19-15-20(17-25-16-19)26-23-12-11-22(14-18(23)4)27(6-2)7-3/h11-12,14-17,21,26H,5-10,13H2,1-4H3. The minimum absolute atomic E-state index is 0.0984. The van der Waals surface area contributed by atoms with Crippen molar-refractivity contribution in [3.63, 3.8) is 0 Å². The largest absolute Gasteiger partial charge is 0.372 e. The van der Waals surface area contributed by atoms with E-state index in [1.807, 2.05) is 11.0 Å². The van der Waals surface area contributed by atoms with Crippen molar-refractivity contribution in [2.75, 3.05) is 29.9 Å². The molecule has 0 aliphatic carbocycles. The summed E-state index contributed by atoms with van der Waals surface area (Å²) in [5.41, 5.74) is 4.95. The molecule has 1 N–H and O–H groups in total. The number of aromatic nitrogens is 1. The Morgan fingerprint density at radius 1 is 1.17 bits per heavy atom. The SMILES string of the molecule is CCC1CCCCN1C(=O)c1cncc(Nc2ccc(N(CC)CC)cc2C)c1. The van der Waals surface area contributed by atoms with Crippen molar-refractivity contribution in [1.82, 2.24) is 9.88 Å². The van der Waals surface area contributed by atoms with E-state index >= 15 is 0 Å². The molecule has 3 rings (SSSR count). The highest BCUT2D eigenvalue weighted by Gasteiger charge is 2.26. The van der Waals surface area contributed by atoms with Gasteiger partial charge in [0.25, 0.3) is 5.91 Å². The minimum Gasteiger partial charge on any atom is -0.372 e. The third-order valence-electron chi connectivity index (χ3n) is 5.96. The van der Waals surface area contributed by atoms with Crippen LogP contribution in [0.25, 0.3) is 0 Å². The Hall–Kier alpha value is -2.56. The summed E-state index contributed by atoms with van der Waals surface area (Å²) < 4.78 is 0. The van der Waals surface area contributed by atoms with Crippen molar-refractivity contribution in [3.8, 4) is 0 Å². The molecule has 5 heteroatoms. The van der Waals surface area contributed by atoms with Gasteiger partial charge in [-0.25, -0.2) is 0 Å². The van der Waals surface area contributed by atoms with Crippen molar-refractivity contribution in [1.29, 1.82) is 0 Å². The van der Waals surface area contributed by atoms with E-state index in [2.05, 4.69) is 61.1 Å². The van der Waals surface area contributed by atoms with E-state index in [1.165, 1.54) is 17.7 Å². The molecule has 1 saturated heterocycles. The average Bonchev–Trinajstić information content (AvgIpc) is 2.76. The lowest BCUT2D eigenvalue weighted by molar-refractivity contribution is 0.0607. The molecule has 1 amide bonds.